The van der Waals surface area contributed by atoms with Crippen LogP contribution in [0.4, 0.5) is 5.82 Å². The Balaban J connectivity index is 0.00000219. The van der Waals surface area contributed by atoms with Gasteiger partial charge < -0.3 is 37.6 Å². The van der Waals surface area contributed by atoms with Gasteiger partial charge in [0, 0.05) is 34.9 Å². The van der Waals surface area contributed by atoms with Gasteiger partial charge in [0.2, 0.25) is 0 Å². The van der Waals surface area contributed by atoms with E-state index in [1.165, 1.54) is 21.3 Å². The monoisotopic (exact) mass is 667 g/mol. The van der Waals surface area contributed by atoms with E-state index in [9.17, 15) is 4.57 Å². The molecule has 1 aromatic heterocycles. The third-order valence-electron chi connectivity index (χ3n) is 4.32. The Hall–Kier alpha value is -0.632. The number of hydrogen-bond acceptors (Lipinski definition) is 11. The first-order valence-electron chi connectivity index (χ1n) is 8.30. The van der Waals surface area contributed by atoms with E-state index in [1.54, 1.807) is 36.8 Å². The maximum absolute atomic E-state index is 12.4. The van der Waals surface area contributed by atoms with Gasteiger partial charge in [-0.3, -0.25) is 18.1 Å². The predicted molar refractivity (Wildman–Crippen MR) is 111 cm³/mol. The van der Waals surface area contributed by atoms with Crippen LogP contribution in [-0.4, -0.2) is 62.8 Å². The van der Waals surface area contributed by atoms with E-state index in [0.29, 0.717) is 17.9 Å². The third kappa shape index (κ3) is 6.92. The van der Waals surface area contributed by atoms with Crippen molar-refractivity contribution in [3.05, 3.63) is 24.3 Å². The summed E-state index contributed by atoms with van der Waals surface area (Å²) in [5, 5.41) is 2.97. The molecule has 0 saturated carbocycles. The molecule has 17 heteroatoms. The van der Waals surface area contributed by atoms with Gasteiger partial charge in [0.15, 0.2) is 12.2 Å². The number of phosphoric acid groups is 1. The summed E-state index contributed by atoms with van der Waals surface area (Å²) in [6.45, 7) is 0.239. The van der Waals surface area contributed by atoms with Crippen LogP contribution in [0.3, 0.4) is 0 Å². The molecule has 2 aliphatic heterocycles. The topological polar surface area (TPSA) is 208 Å². The summed E-state index contributed by atoms with van der Waals surface area (Å²) in [4.78, 5) is 8.49. The number of nitrogens with zero attached hydrogens (tertiary/aromatic N) is 3. The molecule has 4 atom stereocenters. The molecule has 4 unspecified atom stereocenters. The number of aromatic nitrogens is 2. The molecule has 0 aliphatic carbocycles. The summed E-state index contributed by atoms with van der Waals surface area (Å²) >= 11 is 1.61. The minimum Gasteiger partial charge on any atom is -0.693 e. The van der Waals surface area contributed by atoms with E-state index < -0.39 is 32.5 Å². The molecular formula is C14H28ClN7O7PPt-2. The Morgan fingerprint density at radius 1 is 1.32 bits per heavy atom. The van der Waals surface area contributed by atoms with E-state index in [2.05, 4.69) is 24.7 Å². The van der Waals surface area contributed by atoms with E-state index in [0.717, 1.165) is 0 Å². The van der Waals surface area contributed by atoms with Crippen molar-refractivity contribution < 1.29 is 51.1 Å². The average Bonchev–Trinajstić information content (AvgIpc) is 3.33. The third-order valence-corrected chi connectivity index (χ3v) is 5.74. The van der Waals surface area contributed by atoms with E-state index in [-0.39, 0.29) is 24.9 Å². The number of imidazole rings is 1. The van der Waals surface area contributed by atoms with Crippen LogP contribution in [0.5, 0.6) is 0 Å². The molecule has 31 heavy (non-hydrogen) atoms. The summed E-state index contributed by atoms with van der Waals surface area (Å²) in [6.07, 6.45) is -0.168. The number of rotatable bonds is 8. The first kappa shape index (κ1) is 30.4. The molecule has 0 spiro atoms. The van der Waals surface area contributed by atoms with Gasteiger partial charge >= 0.3 is 36.0 Å². The molecule has 185 valence electrons. The number of hydrogen-bond donors (Lipinski definition) is 2. The van der Waals surface area contributed by atoms with Gasteiger partial charge in [-0.15, -0.1) is 0 Å². The zero-order valence-corrected chi connectivity index (χ0v) is 21.3. The number of phosphoric ester groups is 1. The summed E-state index contributed by atoms with van der Waals surface area (Å²) < 4.78 is 46.0. The smallest absolute Gasteiger partial charge is 0.693 e. The molecule has 1 saturated heterocycles. The molecule has 7 N–H and O–H groups in total. The zero-order valence-electron chi connectivity index (χ0n) is 17.4. The number of aliphatic imine (C=N–C) groups is 1. The van der Waals surface area contributed by atoms with Crippen molar-refractivity contribution in [2.75, 3.05) is 40.4 Å². The van der Waals surface area contributed by atoms with Crippen LogP contribution >= 0.6 is 17.2 Å². The number of nitrogens with one attached hydrogen (secondary N) is 1. The summed E-state index contributed by atoms with van der Waals surface area (Å²) in [5.41, 5.74) is 6.41. The van der Waals surface area contributed by atoms with Gasteiger partial charge in [-0.1, -0.05) is 0 Å². The Labute approximate surface area is 196 Å². The SMILES string of the molecule is COCC1OC(n2cnc3c2NC(N)=NC3OC)CC1OP(=O)(OC)OC.[Cl][Pt].[NH2-].[NH2-]. The number of methoxy groups -OCH3 is 2. The molecule has 0 amide bonds. The van der Waals surface area contributed by atoms with Gasteiger partial charge in [0.1, 0.15) is 29.9 Å². The quantitative estimate of drug-likeness (QED) is 0.387. The fraction of sp³-hybridized carbons (Fsp3) is 0.714. The number of anilines is 1. The van der Waals surface area contributed by atoms with Crippen molar-refractivity contribution in [2.24, 2.45) is 10.7 Å². The molecule has 1 aromatic rings. The fourth-order valence-electron chi connectivity index (χ4n) is 3.03. The standard InChI is InChI=1S/C14H24N5O7P.ClH.2H2N.Pt/c1-21-6-9-8(26-27(20,23-3)24-4)5-10(25-9)19-7-16-11-12(19)17-14(15)18-13(11)22-2;;;;/h7-10,13H,5-6H2,1-4H3,(H3,15,17,18);1H;2*1H2;/q;;2*-1;+1/p-1. The van der Waals surface area contributed by atoms with Crippen LogP contribution in [0.25, 0.3) is 12.3 Å². The van der Waals surface area contributed by atoms with Crippen LogP contribution in [0.2, 0.25) is 0 Å². The van der Waals surface area contributed by atoms with E-state index in [1.807, 2.05) is 0 Å². The van der Waals surface area contributed by atoms with Crippen molar-refractivity contribution in [2.45, 2.75) is 31.1 Å². The maximum atomic E-state index is 12.4. The molecule has 0 aromatic carbocycles. The van der Waals surface area contributed by atoms with Crippen molar-refractivity contribution in [1.29, 1.82) is 0 Å². The number of fused-ring (bicyclic) bond motifs is 1. The van der Waals surface area contributed by atoms with Crippen molar-refractivity contribution in [1.82, 2.24) is 9.55 Å². The largest absolute Gasteiger partial charge is 0.693 e. The minimum absolute atomic E-state index is 0. The van der Waals surface area contributed by atoms with E-state index in [4.69, 9.17) is 33.5 Å². The number of halogens is 1. The number of ether oxygens (including phenoxy) is 3. The summed E-state index contributed by atoms with van der Waals surface area (Å²) in [7, 11) is 6.51. The first-order valence-corrected chi connectivity index (χ1v) is 12.6. The molecule has 1 fully saturated rings. The fourth-order valence-corrected chi connectivity index (χ4v) is 3.91. The Morgan fingerprint density at radius 3 is 2.52 bits per heavy atom. The van der Waals surface area contributed by atoms with Crippen LogP contribution in [0.15, 0.2) is 11.3 Å². The van der Waals surface area contributed by atoms with Crippen LogP contribution in [-0.2, 0) is 51.1 Å². The molecule has 14 nitrogen and oxygen atoms in total. The maximum Gasteiger partial charge on any atom is -0.693 e. The van der Waals surface area contributed by atoms with Crippen molar-refractivity contribution in [3.63, 3.8) is 0 Å². The van der Waals surface area contributed by atoms with E-state index >= 15 is 0 Å². The Bertz CT molecular complexity index is 751. The van der Waals surface area contributed by atoms with Crippen LogP contribution in [0, 0.1) is 0 Å². The van der Waals surface area contributed by atoms with Gasteiger partial charge in [0.25, 0.3) is 0 Å². The van der Waals surface area contributed by atoms with Crippen molar-refractivity contribution >= 4 is 29.0 Å². The predicted octanol–water partition coefficient (Wildman–Crippen LogP) is 3.11. The molecule has 3 heterocycles. The Morgan fingerprint density at radius 2 is 1.97 bits per heavy atom. The van der Waals surface area contributed by atoms with Gasteiger partial charge in [-0.2, -0.15) is 0 Å². The van der Waals surface area contributed by atoms with Crippen LogP contribution < -0.4 is 11.1 Å². The second-order valence-electron chi connectivity index (χ2n) is 5.89. The van der Waals surface area contributed by atoms with Crippen molar-refractivity contribution in [3.8, 4) is 0 Å². The molecule has 0 radical (unpaired) electrons. The van der Waals surface area contributed by atoms with Gasteiger partial charge in [-0.05, 0) is 0 Å². The normalized spacial score (nSPS) is 24.5. The Kier molecular flexibility index (Phi) is 13.5. The van der Waals surface area contributed by atoms with Gasteiger partial charge in [0.05, 0.1) is 12.9 Å². The van der Waals surface area contributed by atoms with Gasteiger partial charge in [-0.25, -0.2) is 14.5 Å². The second kappa shape index (κ2) is 13.8. The first-order chi connectivity index (χ1) is 13.9. The number of nitrogens with two attached hydrogens (primary N) is 3. The molecule has 2 aliphatic rings. The zero-order chi connectivity index (χ0) is 21.6. The minimum atomic E-state index is -3.68. The summed E-state index contributed by atoms with van der Waals surface area (Å²) in [5.74, 6) is 0.816. The molecule has 3 rings (SSSR count). The number of guanidine groups is 1. The molecular weight excluding hydrogens is 640 g/mol. The average molecular weight is 668 g/mol. The second-order valence-corrected chi connectivity index (χ2v) is 7.73. The molecule has 0 bridgehead atoms. The van der Waals surface area contributed by atoms with Crippen LogP contribution in [0.1, 0.15) is 24.6 Å². The summed E-state index contributed by atoms with van der Waals surface area (Å²) in [6, 6.07) is 0.